The van der Waals surface area contributed by atoms with E-state index < -0.39 is 0 Å². The summed E-state index contributed by atoms with van der Waals surface area (Å²) in [5, 5.41) is 18.7. The van der Waals surface area contributed by atoms with Crippen molar-refractivity contribution in [2.75, 3.05) is 13.1 Å². The Morgan fingerprint density at radius 3 is 2.66 bits per heavy atom. The first-order valence-electron chi connectivity index (χ1n) is 11.8. The first-order chi connectivity index (χ1) is 15.7. The highest BCUT2D eigenvalue weighted by molar-refractivity contribution is 5.83. The summed E-state index contributed by atoms with van der Waals surface area (Å²) in [7, 11) is 0. The number of aromatic nitrogens is 3. The fraction of sp³-hybridized carbons (Fsp3) is 0.462. The Balaban J connectivity index is 1.63. The molecular formula is C26H31FN4O. The Labute approximate surface area is 188 Å². The number of benzene rings is 1. The van der Waals surface area contributed by atoms with E-state index in [-0.39, 0.29) is 17.8 Å². The zero-order chi connectivity index (χ0) is 22.1. The van der Waals surface area contributed by atoms with Gasteiger partial charge in [0.15, 0.2) is 0 Å². The predicted octanol–water partition coefficient (Wildman–Crippen LogP) is 5.01. The van der Waals surface area contributed by atoms with Crippen LogP contribution in [0, 0.1) is 11.7 Å². The van der Waals surface area contributed by atoms with E-state index in [0.717, 1.165) is 54.0 Å². The van der Waals surface area contributed by atoms with Crippen LogP contribution in [0.3, 0.4) is 0 Å². The molecule has 0 aliphatic carbocycles. The number of hydrogen-bond donors (Lipinski definition) is 2. The first kappa shape index (κ1) is 21.3. The zero-order valence-electron chi connectivity index (χ0n) is 18.5. The van der Waals surface area contributed by atoms with Crippen LogP contribution in [0.5, 0.6) is 0 Å². The van der Waals surface area contributed by atoms with E-state index in [1.54, 1.807) is 24.5 Å². The average Bonchev–Trinajstić information content (AvgIpc) is 3.39. The molecule has 2 aromatic heterocycles. The Kier molecular flexibility index (Phi) is 6.07. The van der Waals surface area contributed by atoms with E-state index in [4.69, 9.17) is 5.10 Å². The van der Waals surface area contributed by atoms with Crippen LogP contribution in [0.4, 0.5) is 4.39 Å². The van der Waals surface area contributed by atoms with Gasteiger partial charge in [-0.05, 0) is 67.1 Å². The van der Waals surface area contributed by atoms with Gasteiger partial charge in [-0.25, -0.2) is 4.39 Å². The molecule has 2 aliphatic rings. The second-order valence-corrected chi connectivity index (χ2v) is 9.27. The van der Waals surface area contributed by atoms with E-state index >= 15 is 0 Å². The summed E-state index contributed by atoms with van der Waals surface area (Å²) in [4.78, 5) is 6.78. The van der Waals surface area contributed by atoms with Crippen LogP contribution < -0.4 is 0 Å². The largest absolute Gasteiger partial charge is 0.393 e. The van der Waals surface area contributed by atoms with E-state index in [1.165, 1.54) is 31.4 Å². The van der Waals surface area contributed by atoms with Crippen LogP contribution in [0.2, 0.25) is 0 Å². The van der Waals surface area contributed by atoms with Crippen LogP contribution in [-0.4, -0.2) is 50.4 Å². The minimum Gasteiger partial charge on any atom is -0.393 e. The number of nitrogens with one attached hydrogen (secondary N) is 1. The zero-order valence-corrected chi connectivity index (χ0v) is 18.5. The number of piperidine rings is 1. The average molecular weight is 435 g/mol. The fourth-order valence-corrected chi connectivity index (χ4v) is 5.73. The van der Waals surface area contributed by atoms with Crippen LogP contribution >= 0.6 is 0 Å². The molecule has 0 radical (unpaired) electrons. The maximum Gasteiger partial charge on any atom is 0.123 e. The molecule has 1 aromatic carbocycles. The summed E-state index contributed by atoms with van der Waals surface area (Å²) in [6, 6.07) is 10.9. The van der Waals surface area contributed by atoms with Crippen molar-refractivity contribution in [3.8, 4) is 22.4 Å². The van der Waals surface area contributed by atoms with E-state index in [0.29, 0.717) is 12.0 Å². The van der Waals surface area contributed by atoms with Gasteiger partial charge >= 0.3 is 0 Å². The van der Waals surface area contributed by atoms with Gasteiger partial charge in [0.25, 0.3) is 0 Å². The quantitative estimate of drug-likeness (QED) is 0.573. The molecule has 2 unspecified atom stereocenters. The molecule has 5 rings (SSSR count). The molecule has 168 valence electrons. The molecule has 4 atom stereocenters. The summed E-state index contributed by atoms with van der Waals surface area (Å²) in [5.74, 6) is 0.515. The molecule has 0 bridgehead atoms. The number of fused-ring (bicyclic) bond motifs is 1. The van der Waals surface area contributed by atoms with Gasteiger partial charge in [-0.1, -0.05) is 19.8 Å². The summed E-state index contributed by atoms with van der Waals surface area (Å²) in [6.07, 6.45) is 8.55. The molecule has 2 aliphatic heterocycles. The first-order valence-corrected chi connectivity index (χ1v) is 11.8. The smallest absolute Gasteiger partial charge is 0.123 e. The van der Waals surface area contributed by atoms with E-state index in [9.17, 15) is 9.50 Å². The summed E-state index contributed by atoms with van der Waals surface area (Å²) in [6.45, 7) is 4.26. The van der Waals surface area contributed by atoms with Gasteiger partial charge in [-0.3, -0.25) is 15.0 Å². The Bertz CT molecular complexity index is 1040. The van der Waals surface area contributed by atoms with Gasteiger partial charge in [0.2, 0.25) is 0 Å². The molecule has 2 saturated heterocycles. The summed E-state index contributed by atoms with van der Waals surface area (Å²) in [5.41, 5.74) is 5.04. The molecule has 6 heteroatoms. The number of nitrogens with zero attached hydrogens (tertiary/aromatic N) is 3. The maximum atomic E-state index is 13.6. The normalized spacial score (nSPS) is 25.7. The number of H-pyrrole nitrogens is 1. The number of pyridine rings is 1. The van der Waals surface area contributed by atoms with E-state index in [2.05, 4.69) is 21.9 Å². The Morgan fingerprint density at radius 1 is 1.12 bits per heavy atom. The third kappa shape index (κ3) is 3.97. The lowest BCUT2D eigenvalue weighted by Crippen LogP contribution is -2.42. The molecule has 0 saturated carbocycles. The number of halogens is 1. The van der Waals surface area contributed by atoms with Gasteiger partial charge in [0, 0.05) is 48.6 Å². The van der Waals surface area contributed by atoms with Crippen molar-refractivity contribution in [3.63, 3.8) is 0 Å². The van der Waals surface area contributed by atoms with Crippen molar-refractivity contribution in [1.29, 1.82) is 0 Å². The molecule has 3 aromatic rings. The van der Waals surface area contributed by atoms with Crippen molar-refractivity contribution in [3.05, 3.63) is 60.3 Å². The minimum absolute atomic E-state index is 0.247. The number of aromatic amines is 1. The number of aliphatic hydroxyl groups is 1. The Hall–Kier alpha value is -2.57. The van der Waals surface area contributed by atoms with Crippen LogP contribution in [0.25, 0.3) is 22.4 Å². The van der Waals surface area contributed by atoms with E-state index in [1.807, 2.05) is 12.1 Å². The lowest BCUT2D eigenvalue weighted by atomic mass is 9.79. The standard InChI is InChI=1S/C26H31FN4O/c1-2-3-4-19-16-31-14-11-21(32)15-22(31)23(19)26-24(17-9-12-28-13-10-17)25(29-30-26)18-5-7-20(27)8-6-18/h5-10,12-13,19,21-23,32H,2-4,11,14-16H2,1H3,(H,29,30)/t19-,21?,22-,23?/m1/s1. The van der Waals surface area contributed by atoms with Gasteiger partial charge in [-0.2, -0.15) is 5.10 Å². The lowest BCUT2D eigenvalue weighted by molar-refractivity contribution is 0.0575. The molecule has 0 spiro atoms. The molecule has 2 fully saturated rings. The molecular weight excluding hydrogens is 403 g/mol. The Morgan fingerprint density at radius 2 is 1.91 bits per heavy atom. The fourth-order valence-electron chi connectivity index (χ4n) is 5.73. The number of rotatable bonds is 6. The monoisotopic (exact) mass is 434 g/mol. The maximum absolute atomic E-state index is 13.6. The molecule has 5 nitrogen and oxygen atoms in total. The van der Waals surface area contributed by atoms with Gasteiger partial charge in [-0.15, -0.1) is 0 Å². The highest BCUT2D eigenvalue weighted by Crippen LogP contribution is 2.48. The number of aliphatic hydroxyl groups excluding tert-OH is 1. The topological polar surface area (TPSA) is 65.0 Å². The molecule has 4 heterocycles. The lowest BCUT2D eigenvalue weighted by Gasteiger charge is -2.35. The van der Waals surface area contributed by atoms with Crippen molar-refractivity contribution in [1.82, 2.24) is 20.1 Å². The summed E-state index contributed by atoms with van der Waals surface area (Å²) < 4.78 is 13.6. The van der Waals surface area contributed by atoms with Crippen molar-refractivity contribution in [2.45, 2.75) is 57.1 Å². The second kappa shape index (κ2) is 9.12. The van der Waals surface area contributed by atoms with Gasteiger partial charge in [0.05, 0.1) is 17.5 Å². The third-order valence-electron chi connectivity index (χ3n) is 7.26. The van der Waals surface area contributed by atoms with Crippen molar-refractivity contribution >= 4 is 0 Å². The van der Waals surface area contributed by atoms with Crippen LogP contribution in [0.15, 0.2) is 48.8 Å². The molecule has 32 heavy (non-hydrogen) atoms. The van der Waals surface area contributed by atoms with Crippen LogP contribution in [-0.2, 0) is 0 Å². The van der Waals surface area contributed by atoms with Gasteiger partial charge in [0.1, 0.15) is 5.82 Å². The molecule has 2 N–H and O–H groups in total. The van der Waals surface area contributed by atoms with Crippen molar-refractivity contribution < 1.29 is 9.50 Å². The highest BCUT2D eigenvalue weighted by atomic mass is 19.1. The third-order valence-corrected chi connectivity index (χ3v) is 7.26. The molecule has 0 amide bonds. The minimum atomic E-state index is -0.249. The number of unbranched alkanes of at least 4 members (excludes halogenated alkanes) is 1. The highest BCUT2D eigenvalue weighted by Gasteiger charge is 2.46. The predicted molar refractivity (Wildman–Crippen MR) is 124 cm³/mol. The van der Waals surface area contributed by atoms with Gasteiger partial charge < -0.3 is 5.11 Å². The second-order valence-electron chi connectivity index (χ2n) is 9.27. The summed E-state index contributed by atoms with van der Waals surface area (Å²) >= 11 is 0. The van der Waals surface area contributed by atoms with Crippen LogP contribution in [0.1, 0.15) is 50.6 Å². The SMILES string of the molecule is CCCC[C@@H]1CN2CCC(O)C[C@@H]2C1c1n[nH]c(-c2ccc(F)cc2)c1-c1ccncc1. The van der Waals surface area contributed by atoms with Crippen molar-refractivity contribution in [2.24, 2.45) is 5.92 Å². The number of hydrogen-bond acceptors (Lipinski definition) is 4.